The Labute approximate surface area is 183 Å². The third-order valence-electron chi connectivity index (χ3n) is 6.09. The number of amidine groups is 1. The van der Waals surface area contributed by atoms with E-state index in [1.165, 1.54) is 26.4 Å². The van der Waals surface area contributed by atoms with Crippen molar-refractivity contribution in [1.29, 1.82) is 0 Å². The fourth-order valence-electron chi connectivity index (χ4n) is 4.47. The van der Waals surface area contributed by atoms with Crippen molar-refractivity contribution in [2.24, 2.45) is 4.99 Å². The van der Waals surface area contributed by atoms with Gasteiger partial charge in [0.05, 0.1) is 5.69 Å². The molecule has 5 rings (SSSR count). The molecule has 2 aliphatic heterocycles. The quantitative estimate of drug-likeness (QED) is 0.623. The lowest BCUT2D eigenvalue weighted by Crippen LogP contribution is -2.53. The zero-order chi connectivity index (χ0) is 20.5. The lowest BCUT2D eigenvalue weighted by Gasteiger charge is -2.36. The molecule has 0 aliphatic carbocycles. The van der Waals surface area contributed by atoms with E-state index in [0.717, 1.165) is 44.0 Å². The highest BCUT2D eigenvalue weighted by Crippen LogP contribution is 2.36. The molecular formula is C26H29N3S. The summed E-state index contributed by atoms with van der Waals surface area (Å²) >= 11 is 1.97. The Morgan fingerprint density at radius 3 is 2.73 bits per heavy atom. The predicted octanol–water partition coefficient (Wildman–Crippen LogP) is 5.37. The van der Waals surface area contributed by atoms with Gasteiger partial charge in [-0.25, -0.2) is 4.99 Å². The number of thiophene rings is 1. The molecule has 3 heterocycles. The second-order valence-electron chi connectivity index (χ2n) is 8.67. The van der Waals surface area contributed by atoms with Crippen molar-refractivity contribution in [3.8, 4) is 0 Å². The Kier molecular flexibility index (Phi) is 5.45. The van der Waals surface area contributed by atoms with Crippen molar-refractivity contribution in [2.45, 2.75) is 38.6 Å². The minimum Gasteiger partial charge on any atom is -0.353 e. The molecule has 2 aliphatic rings. The molecule has 3 aromatic rings. The van der Waals surface area contributed by atoms with E-state index in [1.54, 1.807) is 0 Å². The summed E-state index contributed by atoms with van der Waals surface area (Å²) in [6.07, 6.45) is 2.03. The van der Waals surface area contributed by atoms with Crippen molar-refractivity contribution < 1.29 is 0 Å². The van der Waals surface area contributed by atoms with Gasteiger partial charge in [-0.3, -0.25) is 0 Å². The zero-order valence-corrected chi connectivity index (χ0v) is 18.6. The fourth-order valence-corrected chi connectivity index (χ4v) is 5.65. The second-order valence-corrected chi connectivity index (χ2v) is 9.84. The van der Waals surface area contributed by atoms with Crippen LogP contribution in [0.3, 0.4) is 0 Å². The molecule has 1 aromatic heterocycles. The minimum atomic E-state index is 0.439. The summed E-state index contributed by atoms with van der Waals surface area (Å²) in [5.74, 6) is 1.71. The Morgan fingerprint density at radius 1 is 1.10 bits per heavy atom. The van der Waals surface area contributed by atoms with E-state index in [9.17, 15) is 0 Å². The van der Waals surface area contributed by atoms with Crippen molar-refractivity contribution in [1.82, 2.24) is 10.2 Å². The van der Waals surface area contributed by atoms with Gasteiger partial charge >= 0.3 is 0 Å². The molecule has 0 amide bonds. The van der Waals surface area contributed by atoms with Crippen molar-refractivity contribution in [3.05, 3.63) is 87.1 Å². The fraction of sp³-hybridized carbons (Fsp3) is 0.346. The van der Waals surface area contributed by atoms with E-state index in [2.05, 4.69) is 84.7 Å². The maximum atomic E-state index is 5.24. The standard InChI is InChI=1S/C26H29N3S/c1-18(2)24-16-22-25(30-24)15-20-10-6-7-11-23(20)28-26(22)29-13-12-27-21(17-29)14-19-8-4-3-5-9-19/h3-11,16,18,21,27H,12-15,17H2,1-2H3. The number of nitrogens with one attached hydrogen (secondary N) is 1. The zero-order valence-electron chi connectivity index (χ0n) is 17.8. The minimum absolute atomic E-state index is 0.439. The molecule has 0 bridgehead atoms. The Bertz CT molecular complexity index is 1050. The first kappa shape index (κ1) is 19.5. The maximum Gasteiger partial charge on any atom is 0.137 e. The van der Waals surface area contributed by atoms with Crippen LogP contribution in [0, 0.1) is 0 Å². The first-order chi connectivity index (χ1) is 14.7. The monoisotopic (exact) mass is 415 g/mol. The van der Waals surface area contributed by atoms with E-state index in [-0.39, 0.29) is 0 Å². The van der Waals surface area contributed by atoms with Gasteiger partial charge in [-0.2, -0.15) is 0 Å². The highest BCUT2D eigenvalue weighted by atomic mass is 32.1. The number of hydrogen-bond donors (Lipinski definition) is 1. The van der Waals surface area contributed by atoms with Crippen LogP contribution in [0.1, 0.15) is 46.2 Å². The number of rotatable bonds is 3. The van der Waals surface area contributed by atoms with E-state index < -0.39 is 0 Å². The highest BCUT2D eigenvalue weighted by molar-refractivity contribution is 7.12. The maximum absolute atomic E-state index is 5.24. The number of piperazine rings is 1. The molecule has 1 unspecified atom stereocenters. The molecule has 0 radical (unpaired) electrons. The topological polar surface area (TPSA) is 27.6 Å². The summed E-state index contributed by atoms with van der Waals surface area (Å²) in [5.41, 5.74) is 5.20. The molecule has 4 heteroatoms. The van der Waals surface area contributed by atoms with Gasteiger partial charge < -0.3 is 10.2 Å². The van der Waals surface area contributed by atoms with Gasteiger partial charge in [-0.15, -0.1) is 11.3 Å². The van der Waals surface area contributed by atoms with Crippen LogP contribution < -0.4 is 5.32 Å². The molecule has 30 heavy (non-hydrogen) atoms. The van der Waals surface area contributed by atoms with Crippen LogP contribution in [0.25, 0.3) is 0 Å². The number of fused-ring (bicyclic) bond motifs is 2. The van der Waals surface area contributed by atoms with Gasteiger partial charge in [0.2, 0.25) is 0 Å². The van der Waals surface area contributed by atoms with Gasteiger partial charge in [0.15, 0.2) is 0 Å². The summed E-state index contributed by atoms with van der Waals surface area (Å²) < 4.78 is 0. The predicted molar refractivity (Wildman–Crippen MR) is 127 cm³/mol. The molecular weight excluding hydrogens is 386 g/mol. The van der Waals surface area contributed by atoms with Crippen LogP contribution in [0.4, 0.5) is 5.69 Å². The molecule has 3 nitrogen and oxygen atoms in total. The van der Waals surface area contributed by atoms with Crippen LogP contribution in [0.2, 0.25) is 0 Å². The molecule has 0 spiro atoms. The van der Waals surface area contributed by atoms with Crippen LogP contribution in [-0.2, 0) is 12.8 Å². The number of benzene rings is 2. The summed E-state index contributed by atoms with van der Waals surface area (Å²) in [6, 6.07) is 22.3. The van der Waals surface area contributed by atoms with Crippen molar-refractivity contribution in [2.75, 3.05) is 19.6 Å². The molecule has 0 saturated carbocycles. The lowest BCUT2D eigenvalue weighted by molar-refractivity contribution is 0.290. The number of para-hydroxylation sites is 1. The number of aliphatic imine (C=N–C) groups is 1. The molecule has 1 fully saturated rings. The SMILES string of the molecule is CC(C)c1cc2c(s1)Cc1ccccc1N=C2N1CCNC(Cc2ccccc2)C1. The van der Waals surface area contributed by atoms with E-state index in [1.807, 2.05) is 11.3 Å². The van der Waals surface area contributed by atoms with Gasteiger partial charge in [-0.1, -0.05) is 62.4 Å². The van der Waals surface area contributed by atoms with Crippen LogP contribution >= 0.6 is 11.3 Å². The molecule has 154 valence electrons. The smallest absolute Gasteiger partial charge is 0.137 e. The third kappa shape index (κ3) is 3.94. The van der Waals surface area contributed by atoms with Crippen LogP contribution in [-0.4, -0.2) is 36.4 Å². The highest BCUT2D eigenvalue weighted by Gasteiger charge is 2.28. The number of nitrogens with zero attached hydrogens (tertiary/aromatic N) is 2. The van der Waals surface area contributed by atoms with Gasteiger partial charge in [0.1, 0.15) is 5.84 Å². The lowest BCUT2D eigenvalue weighted by atomic mass is 10.0. The first-order valence-electron chi connectivity index (χ1n) is 11.0. The molecule has 1 atom stereocenters. The van der Waals surface area contributed by atoms with E-state index in [4.69, 9.17) is 4.99 Å². The average molecular weight is 416 g/mol. The van der Waals surface area contributed by atoms with Gasteiger partial charge in [-0.05, 0) is 35.6 Å². The normalized spacial score (nSPS) is 18.6. The van der Waals surface area contributed by atoms with Crippen LogP contribution in [0.5, 0.6) is 0 Å². The average Bonchev–Trinajstić information content (AvgIpc) is 3.11. The molecule has 1 saturated heterocycles. The van der Waals surface area contributed by atoms with E-state index in [0.29, 0.717) is 12.0 Å². The van der Waals surface area contributed by atoms with Gasteiger partial charge in [0.25, 0.3) is 0 Å². The Morgan fingerprint density at radius 2 is 1.90 bits per heavy atom. The third-order valence-corrected chi connectivity index (χ3v) is 7.52. The summed E-state index contributed by atoms with van der Waals surface area (Å²) in [6.45, 7) is 7.56. The van der Waals surface area contributed by atoms with Gasteiger partial charge in [0, 0.05) is 47.4 Å². The summed E-state index contributed by atoms with van der Waals surface area (Å²) in [5, 5.41) is 3.72. The van der Waals surface area contributed by atoms with E-state index >= 15 is 0 Å². The Hall–Kier alpha value is -2.43. The van der Waals surface area contributed by atoms with Crippen LogP contribution in [0.15, 0.2) is 65.7 Å². The largest absolute Gasteiger partial charge is 0.353 e. The summed E-state index contributed by atoms with van der Waals surface area (Å²) in [7, 11) is 0. The second kappa shape index (κ2) is 8.37. The van der Waals surface area contributed by atoms with Crippen molar-refractivity contribution >= 4 is 22.9 Å². The summed E-state index contributed by atoms with van der Waals surface area (Å²) in [4.78, 5) is 10.7. The first-order valence-corrected chi connectivity index (χ1v) is 11.8. The Balaban J connectivity index is 1.49. The van der Waals surface area contributed by atoms with Crippen molar-refractivity contribution in [3.63, 3.8) is 0 Å². The molecule has 2 aromatic carbocycles. The molecule has 1 N–H and O–H groups in total. The number of hydrogen-bond acceptors (Lipinski definition) is 4.